The number of hydrogen-bond donors (Lipinski definition) is 0. The molecule has 0 amide bonds. The van der Waals surface area contributed by atoms with Gasteiger partial charge >= 0.3 is 0 Å². The summed E-state index contributed by atoms with van der Waals surface area (Å²) in [6, 6.07) is 5.29. The molecule has 78 valence electrons. The highest BCUT2D eigenvalue weighted by molar-refractivity contribution is 8.13. The Morgan fingerprint density at radius 3 is 2.87 bits per heavy atom. The molecule has 1 nitrogen and oxygen atoms in total. The molecule has 0 fully saturated rings. The van der Waals surface area contributed by atoms with E-state index in [9.17, 15) is 4.79 Å². The number of benzene rings is 1. The fraction of sp³-hybridized carbons (Fsp3) is 0.182. The van der Waals surface area contributed by atoms with E-state index in [1.807, 2.05) is 0 Å². The van der Waals surface area contributed by atoms with Gasteiger partial charge in [0.15, 0.2) is 5.12 Å². The molecule has 0 bridgehead atoms. The molecule has 0 aliphatic heterocycles. The van der Waals surface area contributed by atoms with Crippen LogP contribution in [0.25, 0.3) is 0 Å². The van der Waals surface area contributed by atoms with E-state index < -0.39 is 0 Å². The first kappa shape index (κ1) is 12.4. The fourth-order valence-electron chi connectivity index (χ4n) is 0.869. The normalized spacial score (nSPS) is 9.27. The van der Waals surface area contributed by atoms with Gasteiger partial charge in [-0.05, 0) is 12.1 Å². The maximum Gasteiger partial charge on any atom is 0.186 e. The summed E-state index contributed by atoms with van der Waals surface area (Å²) in [4.78, 5) is 10.6. The molecule has 0 spiro atoms. The lowest BCUT2D eigenvalue weighted by Gasteiger charge is -1.96. The van der Waals surface area contributed by atoms with Crippen LogP contribution >= 0.6 is 35.0 Å². The molecular weight excluding hydrogens is 251 g/mol. The van der Waals surface area contributed by atoms with Crippen LogP contribution in [-0.4, -0.2) is 10.9 Å². The standard InChI is InChI=1S/C11H8Cl2OS/c1-8(14)15-7-3-5-9-4-2-6-10(12)11(9)13/h2,4,6H,7H2,1H3. The molecule has 0 saturated heterocycles. The van der Waals surface area contributed by atoms with Gasteiger partial charge in [0, 0.05) is 12.5 Å². The number of rotatable bonds is 1. The van der Waals surface area contributed by atoms with Gasteiger partial charge in [-0.1, -0.05) is 52.9 Å². The molecule has 1 aromatic carbocycles. The van der Waals surface area contributed by atoms with Gasteiger partial charge in [0.2, 0.25) is 0 Å². The molecule has 1 rings (SSSR count). The largest absolute Gasteiger partial charge is 0.288 e. The molecule has 0 heterocycles. The predicted octanol–water partition coefficient (Wildman–Crippen LogP) is 3.62. The molecule has 15 heavy (non-hydrogen) atoms. The first-order valence-electron chi connectivity index (χ1n) is 4.17. The molecule has 0 aromatic heterocycles. The maximum atomic E-state index is 10.6. The topological polar surface area (TPSA) is 17.1 Å². The summed E-state index contributed by atoms with van der Waals surface area (Å²) in [5, 5.41) is 1.00. The second-order valence-corrected chi connectivity index (χ2v) is 4.62. The Morgan fingerprint density at radius 2 is 2.20 bits per heavy atom. The van der Waals surface area contributed by atoms with E-state index in [1.54, 1.807) is 18.2 Å². The third-order valence-corrected chi connectivity index (χ3v) is 3.04. The van der Waals surface area contributed by atoms with E-state index in [0.29, 0.717) is 21.4 Å². The van der Waals surface area contributed by atoms with Crippen LogP contribution < -0.4 is 0 Å². The number of hydrogen-bond acceptors (Lipinski definition) is 2. The second kappa shape index (κ2) is 6.07. The summed E-state index contributed by atoms with van der Waals surface area (Å²) in [5.41, 5.74) is 0.688. The summed E-state index contributed by atoms with van der Waals surface area (Å²) in [6.07, 6.45) is 0. The second-order valence-electron chi connectivity index (χ2n) is 2.68. The van der Waals surface area contributed by atoms with E-state index in [4.69, 9.17) is 23.2 Å². The van der Waals surface area contributed by atoms with Crippen LogP contribution in [0.1, 0.15) is 12.5 Å². The van der Waals surface area contributed by atoms with Crippen molar-refractivity contribution < 1.29 is 4.79 Å². The molecule has 0 radical (unpaired) electrons. The zero-order valence-corrected chi connectivity index (χ0v) is 10.3. The highest BCUT2D eigenvalue weighted by Gasteiger charge is 2.00. The molecule has 4 heteroatoms. The molecule has 0 saturated carbocycles. The highest BCUT2D eigenvalue weighted by Crippen LogP contribution is 2.24. The molecule has 0 aliphatic carbocycles. The Kier molecular flexibility index (Phi) is 5.04. The van der Waals surface area contributed by atoms with Crippen molar-refractivity contribution in [2.24, 2.45) is 0 Å². The van der Waals surface area contributed by atoms with Gasteiger partial charge in [0.1, 0.15) is 0 Å². The summed E-state index contributed by atoms with van der Waals surface area (Å²) in [6.45, 7) is 1.51. The van der Waals surface area contributed by atoms with Crippen molar-refractivity contribution in [1.29, 1.82) is 0 Å². The highest BCUT2D eigenvalue weighted by atomic mass is 35.5. The zero-order chi connectivity index (χ0) is 11.3. The summed E-state index contributed by atoms with van der Waals surface area (Å²) >= 11 is 12.9. The molecule has 0 N–H and O–H groups in total. The van der Waals surface area contributed by atoms with Gasteiger partial charge in [-0.2, -0.15) is 0 Å². The van der Waals surface area contributed by atoms with Crippen LogP contribution in [-0.2, 0) is 4.79 Å². The van der Waals surface area contributed by atoms with Gasteiger partial charge in [-0.15, -0.1) is 0 Å². The fourth-order valence-corrected chi connectivity index (χ4v) is 1.56. The van der Waals surface area contributed by atoms with E-state index in [2.05, 4.69) is 11.8 Å². The smallest absolute Gasteiger partial charge is 0.186 e. The lowest BCUT2D eigenvalue weighted by atomic mass is 10.2. The van der Waals surface area contributed by atoms with Crippen LogP contribution in [0.2, 0.25) is 10.0 Å². The van der Waals surface area contributed by atoms with E-state index >= 15 is 0 Å². The molecule has 0 aliphatic rings. The monoisotopic (exact) mass is 258 g/mol. The molecule has 1 aromatic rings. The Morgan fingerprint density at radius 1 is 1.47 bits per heavy atom. The van der Waals surface area contributed by atoms with Crippen molar-refractivity contribution >= 4 is 40.1 Å². The lowest BCUT2D eigenvalue weighted by Crippen LogP contribution is -1.83. The van der Waals surface area contributed by atoms with Crippen molar-refractivity contribution in [2.45, 2.75) is 6.92 Å². The van der Waals surface area contributed by atoms with Gasteiger partial charge in [0.05, 0.1) is 15.8 Å². The van der Waals surface area contributed by atoms with Gasteiger partial charge in [0.25, 0.3) is 0 Å². The summed E-state index contributed by atoms with van der Waals surface area (Å²) < 4.78 is 0. The Bertz CT molecular complexity index is 432. The van der Waals surface area contributed by atoms with Crippen LogP contribution in [0.5, 0.6) is 0 Å². The van der Waals surface area contributed by atoms with Crippen molar-refractivity contribution in [3.8, 4) is 11.8 Å². The Balaban J connectivity index is 2.72. The third kappa shape index (κ3) is 4.17. The zero-order valence-electron chi connectivity index (χ0n) is 8.01. The maximum absolute atomic E-state index is 10.6. The van der Waals surface area contributed by atoms with E-state index in [1.165, 1.54) is 18.7 Å². The third-order valence-electron chi connectivity index (χ3n) is 1.52. The van der Waals surface area contributed by atoms with Gasteiger partial charge in [-0.3, -0.25) is 4.79 Å². The molecule has 0 atom stereocenters. The van der Waals surface area contributed by atoms with Crippen molar-refractivity contribution in [3.63, 3.8) is 0 Å². The summed E-state index contributed by atoms with van der Waals surface area (Å²) in [5.74, 6) is 6.19. The Hall–Kier alpha value is -0.620. The van der Waals surface area contributed by atoms with Crippen LogP contribution in [0, 0.1) is 11.8 Å². The first-order valence-corrected chi connectivity index (χ1v) is 5.91. The van der Waals surface area contributed by atoms with Crippen molar-refractivity contribution in [3.05, 3.63) is 33.8 Å². The Labute approximate surface area is 103 Å². The number of carbonyl (C=O) groups excluding carboxylic acids is 1. The van der Waals surface area contributed by atoms with Crippen molar-refractivity contribution in [1.82, 2.24) is 0 Å². The van der Waals surface area contributed by atoms with Crippen LogP contribution in [0.4, 0.5) is 0 Å². The van der Waals surface area contributed by atoms with Crippen molar-refractivity contribution in [2.75, 3.05) is 5.75 Å². The minimum Gasteiger partial charge on any atom is -0.288 e. The molecule has 0 unspecified atom stereocenters. The number of thioether (sulfide) groups is 1. The minimum atomic E-state index is 0.0569. The summed E-state index contributed by atoms with van der Waals surface area (Å²) in [7, 11) is 0. The molecular formula is C11H8Cl2OS. The van der Waals surface area contributed by atoms with Crippen LogP contribution in [0.3, 0.4) is 0 Å². The van der Waals surface area contributed by atoms with Gasteiger partial charge in [-0.25, -0.2) is 0 Å². The van der Waals surface area contributed by atoms with E-state index in [0.717, 1.165) is 0 Å². The average molecular weight is 259 g/mol. The van der Waals surface area contributed by atoms with Crippen LogP contribution in [0.15, 0.2) is 18.2 Å². The average Bonchev–Trinajstić information content (AvgIpc) is 2.18. The van der Waals surface area contributed by atoms with E-state index in [-0.39, 0.29) is 5.12 Å². The quantitative estimate of drug-likeness (QED) is 0.716. The lowest BCUT2D eigenvalue weighted by molar-refractivity contribution is -0.109. The first-order chi connectivity index (χ1) is 7.11. The number of carbonyl (C=O) groups is 1. The minimum absolute atomic E-state index is 0.0569. The number of halogens is 2. The SMILES string of the molecule is CC(=O)SCC#Cc1cccc(Cl)c1Cl. The predicted molar refractivity (Wildman–Crippen MR) is 66.5 cm³/mol. The van der Waals surface area contributed by atoms with Gasteiger partial charge < -0.3 is 0 Å².